The van der Waals surface area contributed by atoms with Gasteiger partial charge >= 0.3 is 0 Å². The van der Waals surface area contributed by atoms with Gasteiger partial charge in [0.2, 0.25) is 0 Å². The van der Waals surface area contributed by atoms with Crippen LogP contribution in [0.4, 0.5) is 0 Å². The molecule has 4 fully saturated rings. The molecule has 10 heteroatoms. The zero-order valence-corrected chi connectivity index (χ0v) is 27.2. The summed E-state index contributed by atoms with van der Waals surface area (Å²) in [5, 5.41) is 52.0. The van der Waals surface area contributed by atoms with E-state index >= 15 is 0 Å². The van der Waals surface area contributed by atoms with E-state index in [0.717, 1.165) is 44.9 Å². The summed E-state index contributed by atoms with van der Waals surface area (Å²) in [6, 6.07) is 0. The molecule has 0 spiro atoms. The van der Waals surface area contributed by atoms with Crippen LogP contribution in [0.15, 0.2) is 22.8 Å². The molecular formula is C35H52O10. The van der Waals surface area contributed by atoms with Gasteiger partial charge in [-0.25, -0.2) is 0 Å². The zero-order chi connectivity index (χ0) is 32.2. The van der Waals surface area contributed by atoms with Crippen molar-refractivity contribution < 1.29 is 49.3 Å². The van der Waals surface area contributed by atoms with Crippen molar-refractivity contribution in [2.24, 2.45) is 34.5 Å². The summed E-state index contributed by atoms with van der Waals surface area (Å²) in [4.78, 5) is 12.7. The molecule has 15 unspecified atom stereocenters. The molecule has 3 aliphatic heterocycles. The highest BCUT2D eigenvalue weighted by molar-refractivity contribution is 5.86. The van der Waals surface area contributed by atoms with E-state index in [2.05, 4.69) is 19.9 Å². The molecule has 1 saturated carbocycles. The van der Waals surface area contributed by atoms with Crippen molar-refractivity contribution in [3.8, 4) is 0 Å². The molecule has 5 N–H and O–H groups in total. The standard InChI is InChI=1S/C35H52O10/c1-16(2)35(41,17(3)37)31-30-21(15-42-31)26-24(44-30)13-23-20-7-6-18-12-19(8-10-33(18,4)22(20)9-11-34(23,26)5)43-32-29(40)28(39)27(38)25(14-36)45-32/h13,16,18-19,21,24-32,36,38-41H,6-12,14-15H2,1-5H3. The van der Waals surface area contributed by atoms with E-state index in [1.165, 1.54) is 18.1 Å². The third kappa shape index (κ3) is 4.57. The van der Waals surface area contributed by atoms with E-state index in [4.69, 9.17) is 18.9 Å². The molecule has 252 valence electrons. The van der Waals surface area contributed by atoms with Crippen LogP contribution in [0.25, 0.3) is 0 Å². The predicted octanol–water partition coefficient (Wildman–Crippen LogP) is 2.18. The highest BCUT2D eigenvalue weighted by atomic mass is 16.7. The van der Waals surface area contributed by atoms with Gasteiger partial charge in [-0.2, -0.15) is 0 Å². The van der Waals surface area contributed by atoms with Crippen LogP contribution in [0, 0.1) is 34.5 Å². The minimum atomic E-state index is -1.56. The Morgan fingerprint density at radius 2 is 1.82 bits per heavy atom. The Morgan fingerprint density at radius 1 is 1.07 bits per heavy atom. The number of rotatable bonds is 6. The monoisotopic (exact) mass is 632 g/mol. The van der Waals surface area contributed by atoms with Gasteiger partial charge in [0.15, 0.2) is 17.7 Å². The second-order valence-electron chi connectivity index (χ2n) is 15.9. The predicted molar refractivity (Wildman–Crippen MR) is 162 cm³/mol. The average molecular weight is 633 g/mol. The van der Waals surface area contributed by atoms with Crippen molar-refractivity contribution in [3.63, 3.8) is 0 Å². The molecule has 0 aromatic heterocycles. The number of ketones is 1. The van der Waals surface area contributed by atoms with Gasteiger partial charge in [-0.3, -0.25) is 4.79 Å². The minimum Gasteiger partial charge on any atom is -0.394 e. The largest absolute Gasteiger partial charge is 0.394 e. The van der Waals surface area contributed by atoms with E-state index in [9.17, 15) is 30.3 Å². The lowest BCUT2D eigenvalue weighted by atomic mass is 9.51. The van der Waals surface area contributed by atoms with Crippen LogP contribution < -0.4 is 0 Å². The topological polar surface area (TPSA) is 155 Å². The lowest BCUT2D eigenvalue weighted by molar-refractivity contribution is -0.315. The summed E-state index contributed by atoms with van der Waals surface area (Å²) in [6.07, 6.45) is 1.59. The first-order valence-electron chi connectivity index (χ1n) is 17.2. The van der Waals surface area contributed by atoms with Crippen LogP contribution in [0.3, 0.4) is 0 Å². The number of fused-ring (bicyclic) bond motifs is 8. The van der Waals surface area contributed by atoms with Gasteiger partial charge in [-0.15, -0.1) is 0 Å². The van der Waals surface area contributed by atoms with E-state index < -0.39 is 49.0 Å². The summed E-state index contributed by atoms with van der Waals surface area (Å²) in [6.45, 7) is 10.0. The Balaban J connectivity index is 1.09. The first-order valence-corrected chi connectivity index (χ1v) is 17.2. The normalized spacial score (nSPS) is 50.3. The van der Waals surface area contributed by atoms with E-state index in [1.54, 1.807) is 5.57 Å². The molecule has 0 aromatic rings. The third-order valence-electron chi connectivity index (χ3n) is 13.5. The quantitative estimate of drug-likeness (QED) is 0.294. The van der Waals surface area contributed by atoms with Crippen molar-refractivity contribution in [1.82, 2.24) is 0 Å². The van der Waals surface area contributed by atoms with Gasteiger partial charge in [0.05, 0.1) is 31.5 Å². The minimum absolute atomic E-state index is 0.0417. The second-order valence-corrected chi connectivity index (χ2v) is 15.9. The van der Waals surface area contributed by atoms with Crippen LogP contribution in [-0.4, -0.2) is 105 Å². The Kier molecular flexibility index (Phi) is 8.03. The Hall–Kier alpha value is -1.21. The zero-order valence-electron chi connectivity index (χ0n) is 27.2. The number of aliphatic hydroxyl groups is 5. The van der Waals surface area contributed by atoms with Crippen molar-refractivity contribution in [3.05, 3.63) is 22.8 Å². The molecule has 45 heavy (non-hydrogen) atoms. The summed E-state index contributed by atoms with van der Waals surface area (Å²) in [5.41, 5.74) is 2.94. The average Bonchev–Trinajstić information content (AvgIpc) is 3.65. The number of hydrogen-bond donors (Lipinski definition) is 5. The van der Waals surface area contributed by atoms with E-state index in [1.807, 2.05) is 13.8 Å². The third-order valence-corrected chi connectivity index (χ3v) is 13.5. The molecule has 15 atom stereocenters. The van der Waals surface area contributed by atoms with Crippen molar-refractivity contribution in [2.45, 2.75) is 140 Å². The highest BCUT2D eigenvalue weighted by Gasteiger charge is 2.66. The summed E-state index contributed by atoms with van der Waals surface area (Å²) >= 11 is 0. The maximum atomic E-state index is 12.7. The number of aliphatic hydroxyl groups excluding tert-OH is 4. The number of ether oxygens (including phenoxy) is 4. The molecule has 0 amide bonds. The van der Waals surface area contributed by atoms with Gasteiger partial charge in [0, 0.05) is 11.8 Å². The lowest BCUT2D eigenvalue weighted by Gasteiger charge is -2.54. The first kappa shape index (κ1) is 32.3. The number of carbonyl (C=O) groups is 1. The molecule has 0 aromatic carbocycles. The smallest absolute Gasteiger partial charge is 0.186 e. The summed E-state index contributed by atoms with van der Waals surface area (Å²) < 4.78 is 24.8. The molecule has 7 rings (SSSR count). The number of Topliss-reactive ketones (excluding diaryl/α,β-unsaturated/α-hetero) is 1. The van der Waals surface area contributed by atoms with Crippen molar-refractivity contribution >= 4 is 5.78 Å². The molecule has 7 aliphatic rings. The number of hydrogen-bond acceptors (Lipinski definition) is 10. The Labute approximate surface area is 265 Å². The molecular weight excluding hydrogens is 580 g/mol. The van der Waals surface area contributed by atoms with Gasteiger partial charge in [0.25, 0.3) is 0 Å². The summed E-state index contributed by atoms with van der Waals surface area (Å²) in [5.74, 6) is 0.258. The van der Waals surface area contributed by atoms with Crippen LogP contribution in [0.5, 0.6) is 0 Å². The van der Waals surface area contributed by atoms with Gasteiger partial charge in [0.1, 0.15) is 30.5 Å². The van der Waals surface area contributed by atoms with Crippen LogP contribution in [-0.2, 0) is 23.7 Å². The second kappa shape index (κ2) is 11.2. The van der Waals surface area contributed by atoms with Gasteiger partial charge in [-0.05, 0) is 85.7 Å². The maximum absolute atomic E-state index is 12.7. The van der Waals surface area contributed by atoms with E-state index in [-0.39, 0.29) is 52.7 Å². The molecule has 10 nitrogen and oxygen atoms in total. The SMILES string of the molecule is CC(=O)C(O)(C(C)C)C1OCC2C1OC1C=C3C4=C(CCC3(C)C12)C1(C)CCC(OC2OC(CO)C(O)C(O)C2O)CC1CC4. The Bertz CT molecular complexity index is 1260. The van der Waals surface area contributed by atoms with Crippen LogP contribution in [0.2, 0.25) is 0 Å². The molecule has 4 aliphatic carbocycles. The fourth-order valence-corrected chi connectivity index (χ4v) is 10.8. The van der Waals surface area contributed by atoms with Crippen molar-refractivity contribution in [1.29, 1.82) is 0 Å². The molecule has 0 bridgehead atoms. The Morgan fingerprint density at radius 3 is 2.51 bits per heavy atom. The maximum Gasteiger partial charge on any atom is 0.186 e. The lowest BCUT2D eigenvalue weighted by Crippen LogP contribution is -2.60. The van der Waals surface area contributed by atoms with E-state index in [0.29, 0.717) is 12.5 Å². The van der Waals surface area contributed by atoms with Gasteiger partial charge < -0.3 is 44.5 Å². The summed E-state index contributed by atoms with van der Waals surface area (Å²) in [7, 11) is 0. The van der Waals surface area contributed by atoms with Crippen molar-refractivity contribution in [2.75, 3.05) is 13.2 Å². The molecule has 3 saturated heterocycles. The fourth-order valence-electron chi connectivity index (χ4n) is 10.8. The number of carbonyl (C=O) groups excluding carboxylic acids is 1. The first-order chi connectivity index (χ1) is 21.2. The fraction of sp³-hybridized carbons (Fsp3) is 0.857. The van der Waals surface area contributed by atoms with Crippen LogP contribution in [0.1, 0.15) is 79.6 Å². The van der Waals surface area contributed by atoms with Crippen LogP contribution >= 0.6 is 0 Å². The molecule has 0 radical (unpaired) electrons. The van der Waals surface area contributed by atoms with Gasteiger partial charge in [-0.1, -0.05) is 39.3 Å². The molecule has 3 heterocycles. The number of allylic oxidation sites excluding steroid dienone is 3. The highest BCUT2D eigenvalue weighted by Crippen LogP contribution is 2.67.